The summed E-state index contributed by atoms with van der Waals surface area (Å²) in [6, 6.07) is 6.88. The molecule has 0 fully saturated rings. The second kappa shape index (κ2) is 7.23. The quantitative estimate of drug-likeness (QED) is 0.634. The van der Waals surface area contributed by atoms with Gasteiger partial charge in [0.2, 0.25) is 0 Å². The first-order chi connectivity index (χ1) is 8.95. The Morgan fingerprint density at radius 1 is 1.37 bits per heavy atom. The van der Waals surface area contributed by atoms with Gasteiger partial charge in [0.1, 0.15) is 0 Å². The molecule has 1 rings (SSSR count). The number of benzene rings is 1. The highest BCUT2D eigenvalue weighted by Gasteiger charge is 2.17. The minimum absolute atomic E-state index is 0.0262. The lowest BCUT2D eigenvalue weighted by atomic mass is 9.96. The van der Waals surface area contributed by atoms with Gasteiger partial charge in [-0.3, -0.25) is 4.79 Å². The van der Waals surface area contributed by atoms with Crippen molar-refractivity contribution < 1.29 is 19.7 Å². The topological polar surface area (TPSA) is 78.8 Å². The van der Waals surface area contributed by atoms with Gasteiger partial charge in [0.25, 0.3) is 5.91 Å². The van der Waals surface area contributed by atoms with Crippen LogP contribution in [0, 0.1) is 0 Å². The third kappa shape index (κ3) is 5.38. The fourth-order valence-electron chi connectivity index (χ4n) is 1.55. The molecular weight excluding hydrogens is 246 g/mol. The maximum atomic E-state index is 11.9. The number of nitrogens with one attached hydrogen (secondary N) is 1. The molecule has 0 heterocycles. The molecule has 106 valence electrons. The first-order valence-electron chi connectivity index (χ1n) is 6.25. The average molecular weight is 267 g/mol. The van der Waals surface area contributed by atoms with Crippen LogP contribution in [0.5, 0.6) is 0 Å². The van der Waals surface area contributed by atoms with E-state index in [0.717, 1.165) is 0 Å². The molecular formula is C14H21NO4. The van der Waals surface area contributed by atoms with E-state index >= 15 is 0 Å². The van der Waals surface area contributed by atoms with Gasteiger partial charge in [0.15, 0.2) is 0 Å². The van der Waals surface area contributed by atoms with Crippen molar-refractivity contribution in [3.05, 3.63) is 35.4 Å². The summed E-state index contributed by atoms with van der Waals surface area (Å²) in [6.45, 7) is 4.33. The Kier molecular flexibility index (Phi) is 5.95. The lowest BCUT2D eigenvalue weighted by Gasteiger charge is -2.18. The van der Waals surface area contributed by atoms with Crippen molar-refractivity contribution in [1.29, 1.82) is 0 Å². The van der Waals surface area contributed by atoms with Gasteiger partial charge in [-0.05, 0) is 31.5 Å². The fourth-order valence-corrected chi connectivity index (χ4v) is 1.55. The molecule has 0 unspecified atom stereocenters. The van der Waals surface area contributed by atoms with Crippen LogP contribution in [0.2, 0.25) is 0 Å². The summed E-state index contributed by atoms with van der Waals surface area (Å²) >= 11 is 0. The standard InChI is InChI=1S/C14H21NO4/c1-14(2,18)12-5-3-4-11(10-12)13(17)15-6-8-19-9-7-16/h3-5,10,16,18H,6-9H2,1-2H3,(H,15,17). The maximum Gasteiger partial charge on any atom is 0.251 e. The molecule has 0 aliphatic carbocycles. The summed E-state index contributed by atoms with van der Waals surface area (Å²) in [7, 11) is 0. The molecule has 1 aromatic rings. The molecule has 0 aromatic heterocycles. The zero-order valence-corrected chi connectivity index (χ0v) is 11.3. The zero-order valence-electron chi connectivity index (χ0n) is 11.3. The van der Waals surface area contributed by atoms with E-state index in [9.17, 15) is 9.90 Å². The monoisotopic (exact) mass is 267 g/mol. The molecule has 0 saturated carbocycles. The van der Waals surface area contributed by atoms with E-state index in [2.05, 4.69) is 5.32 Å². The number of rotatable bonds is 7. The molecule has 1 amide bonds. The highest BCUT2D eigenvalue weighted by molar-refractivity contribution is 5.94. The van der Waals surface area contributed by atoms with Gasteiger partial charge in [-0.25, -0.2) is 0 Å². The molecule has 0 spiro atoms. The third-order valence-electron chi connectivity index (χ3n) is 2.60. The average Bonchev–Trinajstić information content (AvgIpc) is 2.37. The second-order valence-electron chi connectivity index (χ2n) is 4.73. The molecule has 0 aliphatic rings. The van der Waals surface area contributed by atoms with Crippen LogP contribution in [0.4, 0.5) is 0 Å². The van der Waals surface area contributed by atoms with Crippen LogP contribution in [-0.4, -0.2) is 42.5 Å². The first kappa shape index (κ1) is 15.6. The molecule has 3 N–H and O–H groups in total. The van der Waals surface area contributed by atoms with E-state index in [1.54, 1.807) is 38.1 Å². The highest BCUT2D eigenvalue weighted by Crippen LogP contribution is 2.20. The van der Waals surface area contributed by atoms with Gasteiger partial charge in [-0.2, -0.15) is 0 Å². The third-order valence-corrected chi connectivity index (χ3v) is 2.60. The van der Waals surface area contributed by atoms with Crippen LogP contribution < -0.4 is 5.32 Å². The minimum Gasteiger partial charge on any atom is -0.394 e. The fraction of sp³-hybridized carbons (Fsp3) is 0.500. The Bertz CT molecular complexity index is 412. The van der Waals surface area contributed by atoms with Crippen molar-refractivity contribution in [2.24, 2.45) is 0 Å². The van der Waals surface area contributed by atoms with E-state index in [1.807, 2.05) is 0 Å². The number of carbonyl (C=O) groups is 1. The summed E-state index contributed by atoms with van der Waals surface area (Å²) in [5.74, 6) is -0.210. The highest BCUT2D eigenvalue weighted by atomic mass is 16.5. The lowest BCUT2D eigenvalue weighted by molar-refractivity contribution is 0.0782. The first-order valence-corrected chi connectivity index (χ1v) is 6.25. The summed E-state index contributed by atoms with van der Waals surface area (Å²) in [4.78, 5) is 11.9. The van der Waals surface area contributed by atoms with Crippen LogP contribution in [-0.2, 0) is 10.3 Å². The lowest BCUT2D eigenvalue weighted by Crippen LogP contribution is -2.28. The van der Waals surface area contributed by atoms with E-state index in [4.69, 9.17) is 9.84 Å². The van der Waals surface area contributed by atoms with Crippen molar-refractivity contribution in [3.8, 4) is 0 Å². The summed E-state index contributed by atoms with van der Waals surface area (Å²) in [6.07, 6.45) is 0. The SMILES string of the molecule is CC(C)(O)c1cccc(C(=O)NCCOCCO)c1. The van der Waals surface area contributed by atoms with Gasteiger partial charge in [-0.1, -0.05) is 12.1 Å². The maximum absolute atomic E-state index is 11.9. The number of carbonyl (C=O) groups excluding carboxylic acids is 1. The number of ether oxygens (including phenoxy) is 1. The van der Waals surface area contributed by atoms with Crippen LogP contribution in [0.3, 0.4) is 0 Å². The van der Waals surface area contributed by atoms with Crippen molar-refractivity contribution in [3.63, 3.8) is 0 Å². The molecule has 0 aliphatic heterocycles. The zero-order chi connectivity index (χ0) is 14.3. The second-order valence-corrected chi connectivity index (χ2v) is 4.73. The van der Waals surface area contributed by atoms with E-state index < -0.39 is 5.60 Å². The van der Waals surface area contributed by atoms with Crippen LogP contribution in [0.1, 0.15) is 29.8 Å². The predicted octanol–water partition coefficient (Wildman–Crippen LogP) is 0.653. The molecule has 19 heavy (non-hydrogen) atoms. The Hall–Kier alpha value is -1.43. The molecule has 0 radical (unpaired) electrons. The smallest absolute Gasteiger partial charge is 0.251 e. The van der Waals surface area contributed by atoms with Crippen LogP contribution >= 0.6 is 0 Å². The van der Waals surface area contributed by atoms with Crippen LogP contribution in [0.15, 0.2) is 24.3 Å². The normalized spacial score (nSPS) is 11.4. The Labute approximate surface area is 113 Å². The Morgan fingerprint density at radius 3 is 2.74 bits per heavy atom. The Balaban J connectivity index is 2.53. The molecule has 5 heteroatoms. The number of aliphatic hydroxyl groups excluding tert-OH is 1. The van der Waals surface area contributed by atoms with Gasteiger partial charge in [-0.15, -0.1) is 0 Å². The van der Waals surface area contributed by atoms with Crippen molar-refractivity contribution in [2.75, 3.05) is 26.4 Å². The number of hydrogen-bond acceptors (Lipinski definition) is 4. The van der Waals surface area contributed by atoms with E-state index in [1.165, 1.54) is 0 Å². The van der Waals surface area contributed by atoms with Gasteiger partial charge in [0, 0.05) is 12.1 Å². The predicted molar refractivity (Wildman–Crippen MR) is 71.9 cm³/mol. The largest absolute Gasteiger partial charge is 0.394 e. The van der Waals surface area contributed by atoms with E-state index in [-0.39, 0.29) is 19.1 Å². The van der Waals surface area contributed by atoms with Crippen molar-refractivity contribution in [1.82, 2.24) is 5.32 Å². The molecule has 1 aromatic carbocycles. The van der Waals surface area contributed by atoms with Gasteiger partial charge < -0.3 is 20.3 Å². The van der Waals surface area contributed by atoms with Crippen molar-refractivity contribution >= 4 is 5.91 Å². The molecule has 5 nitrogen and oxygen atoms in total. The Morgan fingerprint density at radius 2 is 2.11 bits per heavy atom. The molecule has 0 bridgehead atoms. The summed E-state index contributed by atoms with van der Waals surface area (Å²) in [5, 5.41) is 21.1. The number of aliphatic hydroxyl groups is 2. The number of hydrogen-bond donors (Lipinski definition) is 3. The van der Waals surface area contributed by atoms with E-state index in [0.29, 0.717) is 24.3 Å². The van der Waals surface area contributed by atoms with Gasteiger partial charge >= 0.3 is 0 Å². The summed E-state index contributed by atoms with van der Waals surface area (Å²) in [5.41, 5.74) is 0.221. The van der Waals surface area contributed by atoms with Crippen molar-refractivity contribution in [2.45, 2.75) is 19.4 Å². The summed E-state index contributed by atoms with van der Waals surface area (Å²) < 4.78 is 5.04. The molecule has 0 atom stereocenters. The number of amides is 1. The van der Waals surface area contributed by atoms with Crippen LogP contribution in [0.25, 0.3) is 0 Å². The van der Waals surface area contributed by atoms with Gasteiger partial charge in [0.05, 0.1) is 25.4 Å². The minimum atomic E-state index is -0.972. The molecule has 0 saturated heterocycles.